The number of para-hydroxylation sites is 4. The van der Waals surface area contributed by atoms with Crippen LogP contribution in [-0.4, -0.2) is 87.5 Å². The maximum atomic E-state index is 12.9. The van der Waals surface area contributed by atoms with Crippen molar-refractivity contribution >= 4 is 69.3 Å². The first-order valence-electron chi connectivity index (χ1n) is 23.5. The van der Waals surface area contributed by atoms with Crippen LogP contribution in [0.15, 0.2) is 179 Å². The predicted octanol–water partition coefficient (Wildman–Crippen LogP) is 12.2. The molecule has 0 bridgehead atoms. The number of hydrogen-bond acceptors (Lipinski definition) is 16. The summed E-state index contributed by atoms with van der Waals surface area (Å²) in [6.07, 6.45) is 0. The van der Waals surface area contributed by atoms with Crippen LogP contribution in [0.25, 0.3) is 45.1 Å². The summed E-state index contributed by atoms with van der Waals surface area (Å²) in [6.45, 7) is 0. The van der Waals surface area contributed by atoms with E-state index in [1.54, 1.807) is 42.5 Å². The summed E-state index contributed by atoms with van der Waals surface area (Å²) in [5.74, 6) is -5.78. The maximum absolute atomic E-state index is 12.9. The number of esters is 3. The molecule has 426 valence electrons. The van der Waals surface area contributed by atoms with Crippen molar-refractivity contribution in [1.82, 2.24) is 9.97 Å². The normalized spacial score (nSPS) is 10.1. The molecule has 0 saturated carbocycles. The van der Waals surface area contributed by atoms with E-state index in [1.807, 2.05) is 0 Å². The minimum atomic E-state index is -1.07. The van der Waals surface area contributed by atoms with Gasteiger partial charge in [0.05, 0.1) is 60.5 Å². The van der Waals surface area contributed by atoms with Gasteiger partial charge in [-0.2, -0.15) is 0 Å². The van der Waals surface area contributed by atoms with E-state index in [9.17, 15) is 51.4 Å². The number of halogens is 4. The lowest BCUT2D eigenvalue weighted by Crippen LogP contribution is -2.15. The number of aromatic nitrogens is 2. The number of phenolic OH excluding ortho intramolecular Hbond substituents is 2. The number of carboxylic acid groups (broad SMARTS) is 2. The number of fused-ring (bicyclic) bond motifs is 2. The molecular formula is C60H48F4N4O15. The number of nitrogens with two attached hydrogens (primary N) is 1. The third-order valence-corrected chi connectivity index (χ3v) is 11.0. The zero-order chi connectivity index (χ0) is 59.6. The molecule has 83 heavy (non-hydrogen) atoms. The molecule has 10 aromatic rings. The predicted molar refractivity (Wildman–Crippen MR) is 295 cm³/mol. The van der Waals surface area contributed by atoms with Crippen LogP contribution in [0.5, 0.6) is 11.5 Å². The SMILES string of the molecule is C.COC(=O)c1cccc(O)c1N.COC(=O)c1cccc(O)c1NC(=O)c1ccc(F)cc1.COC(=O)c1cccc2oc(-c3ccc(F)cc3)nc12.O=C(O)c1ccc(F)cc1.O=C(O)c1cccc2oc(-c3ccc(F)cc3)nc12. The molecule has 0 aliphatic rings. The van der Waals surface area contributed by atoms with Gasteiger partial charge in [-0.1, -0.05) is 31.7 Å². The molecule has 0 aliphatic carbocycles. The van der Waals surface area contributed by atoms with Gasteiger partial charge < -0.3 is 54.5 Å². The van der Waals surface area contributed by atoms with Gasteiger partial charge in [0.15, 0.2) is 11.2 Å². The molecule has 2 aromatic heterocycles. The fraction of sp³-hybridized carbons (Fsp3) is 0.0667. The fourth-order valence-corrected chi connectivity index (χ4v) is 6.95. The van der Waals surface area contributed by atoms with E-state index >= 15 is 0 Å². The number of methoxy groups -OCH3 is 3. The summed E-state index contributed by atoms with van der Waals surface area (Å²) >= 11 is 0. The van der Waals surface area contributed by atoms with E-state index < -0.39 is 47.4 Å². The second-order valence-corrected chi connectivity index (χ2v) is 16.3. The lowest BCUT2D eigenvalue weighted by Gasteiger charge is -2.11. The Morgan fingerprint density at radius 2 is 0.819 bits per heavy atom. The first-order valence-corrected chi connectivity index (χ1v) is 23.5. The highest BCUT2D eigenvalue weighted by atomic mass is 19.1. The van der Waals surface area contributed by atoms with Crippen LogP contribution in [0.2, 0.25) is 0 Å². The summed E-state index contributed by atoms with van der Waals surface area (Å²) in [7, 11) is 3.76. The number of hydrogen-bond donors (Lipinski definition) is 6. The molecule has 19 nitrogen and oxygen atoms in total. The highest BCUT2D eigenvalue weighted by molar-refractivity contribution is 6.09. The summed E-state index contributed by atoms with van der Waals surface area (Å²) in [5, 5.41) is 38.7. The van der Waals surface area contributed by atoms with E-state index in [4.69, 9.17) is 34.6 Å². The first-order chi connectivity index (χ1) is 39.2. The summed E-state index contributed by atoms with van der Waals surface area (Å²) in [6, 6.07) is 39.3. The molecule has 1 amide bonds. The van der Waals surface area contributed by atoms with Gasteiger partial charge in [0, 0.05) is 16.7 Å². The Hall–Kier alpha value is -11.4. The number of nitrogen functional groups attached to an aromatic ring is 1. The van der Waals surface area contributed by atoms with Crippen molar-refractivity contribution in [3.63, 3.8) is 0 Å². The molecule has 10 rings (SSSR count). The Bertz CT molecular complexity index is 3910. The molecule has 0 unspecified atom stereocenters. The van der Waals surface area contributed by atoms with Crippen molar-refractivity contribution in [2.75, 3.05) is 32.4 Å². The van der Waals surface area contributed by atoms with E-state index in [1.165, 1.54) is 124 Å². The molecule has 0 fully saturated rings. The zero-order valence-corrected chi connectivity index (χ0v) is 42.9. The van der Waals surface area contributed by atoms with Crippen molar-refractivity contribution in [3.8, 4) is 34.4 Å². The van der Waals surface area contributed by atoms with E-state index in [0.717, 1.165) is 24.3 Å². The number of anilines is 2. The second kappa shape index (κ2) is 29.0. The maximum Gasteiger partial charge on any atom is 0.340 e. The number of ether oxygens (including phenoxy) is 3. The lowest BCUT2D eigenvalue weighted by atomic mass is 10.1. The van der Waals surface area contributed by atoms with Crippen LogP contribution >= 0.6 is 0 Å². The number of amides is 1. The lowest BCUT2D eigenvalue weighted by molar-refractivity contribution is 0.0592. The number of carbonyl (C=O) groups excluding carboxylic acids is 4. The Kier molecular flexibility index (Phi) is 21.9. The zero-order valence-electron chi connectivity index (χ0n) is 42.9. The van der Waals surface area contributed by atoms with Crippen molar-refractivity contribution in [2.45, 2.75) is 7.43 Å². The standard InChI is InChI=1S/C15H12FNO4.C15H10FNO3.C14H8FNO3.C8H9NO3.C7H5FO2.CH4/c1-21-15(20)11-3-2-4-12(18)13(11)17-14(19)9-5-7-10(16)8-6-9;1-19-15(18)11-3-2-4-12-13(11)17-14(20-12)9-5-7-10(16)8-6-9;15-9-6-4-8(5-7-9)13-16-12-10(14(17)18)2-1-3-11(12)19-13;1-12-8(11)5-3-2-4-6(10)7(5)9;8-6-3-1-5(2-4-6)7(9)10;/h2-8,18H,1H3,(H,17,19);2-8H,1H3;1-7H,(H,17,18);2-4,10H,9H2,1H3;1-4H,(H,9,10);1H4. The van der Waals surface area contributed by atoms with Gasteiger partial charge in [0.25, 0.3) is 5.91 Å². The molecule has 0 atom stereocenters. The Balaban J connectivity index is 0.000000194. The van der Waals surface area contributed by atoms with Gasteiger partial charge in [-0.3, -0.25) is 4.79 Å². The average Bonchev–Trinajstić information content (AvgIpc) is 3.75. The highest BCUT2D eigenvalue weighted by Gasteiger charge is 2.20. The number of aromatic hydroxyl groups is 2. The number of nitrogens with one attached hydrogen (secondary N) is 1. The molecule has 23 heteroatoms. The van der Waals surface area contributed by atoms with Gasteiger partial charge in [-0.25, -0.2) is 51.5 Å². The van der Waals surface area contributed by atoms with Crippen LogP contribution < -0.4 is 11.1 Å². The quantitative estimate of drug-likeness (QED) is 0.0257. The smallest absolute Gasteiger partial charge is 0.340 e. The van der Waals surface area contributed by atoms with Gasteiger partial charge in [-0.05, 0) is 146 Å². The number of aromatic carboxylic acids is 2. The van der Waals surface area contributed by atoms with Crippen molar-refractivity contribution in [2.24, 2.45) is 0 Å². The minimum Gasteiger partial charge on any atom is -0.506 e. The summed E-state index contributed by atoms with van der Waals surface area (Å²) in [5.41, 5.74) is 9.11. The fourth-order valence-electron chi connectivity index (χ4n) is 6.95. The molecule has 0 radical (unpaired) electrons. The van der Waals surface area contributed by atoms with Gasteiger partial charge in [0.1, 0.15) is 45.8 Å². The first kappa shape index (κ1) is 62.5. The van der Waals surface area contributed by atoms with Crippen molar-refractivity contribution < 1.29 is 89.8 Å². The van der Waals surface area contributed by atoms with E-state index in [0.29, 0.717) is 39.3 Å². The number of phenols is 2. The monoisotopic (exact) mass is 1140 g/mol. The second-order valence-electron chi connectivity index (χ2n) is 16.3. The Morgan fingerprint density at radius 1 is 0.458 bits per heavy atom. The average molecular weight is 1140 g/mol. The number of carboxylic acids is 2. The van der Waals surface area contributed by atoms with Gasteiger partial charge >= 0.3 is 29.8 Å². The molecule has 8 aromatic carbocycles. The molecular weight excluding hydrogens is 1090 g/mol. The third kappa shape index (κ3) is 16.4. The largest absolute Gasteiger partial charge is 0.506 e. The molecule has 2 heterocycles. The molecule has 0 spiro atoms. The number of rotatable bonds is 9. The Morgan fingerprint density at radius 3 is 1.27 bits per heavy atom. The van der Waals surface area contributed by atoms with Crippen molar-refractivity contribution in [3.05, 3.63) is 227 Å². The Labute approximate surface area is 468 Å². The van der Waals surface area contributed by atoms with Crippen LogP contribution in [0, 0.1) is 23.3 Å². The van der Waals surface area contributed by atoms with E-state index in [-0.39, 0.29) is 81.2 Å². The van der Waals surface area contributed by atoms with Crippen molar-refractivity contribution in [1.29, 1.82) is 0 Å². The number of oxazole rings is 2. The van der Waals surface area contributed by atoms with Crippen LogP contribution in [0.3, 0.4) is 0 Å². The number of carbonyl (C=O) groups is 6. The molecule has 7 N–H and O–H groups in total. The van der Waals surface area contributed by atoms with E-state index in [2.05, 4.69) is 24.8 Å². The summed E-state index contributed by atoms with van der Waals surface area (Å²) in [4.78, 5) is 76.0. The summed E-state index contributed by atoms with van der Waals surface area (Å²) < 4.78 is 75.5. The van der Waals surface area contributed by atoms with Crippen LogP contribution in [0.1, 0.15) is 69.6 Å². The topological polar surface area (TPSA) is 301 Å². The number of benzene rings is 8. The van der Waals surface area contributed by atoms with Gasteiger partial charge in [-0.15, -0.1) is 0 Å². The molecule has 0 saturated heterocycles. The molecule has 0 aliphatic heterocycles. The van der Waals surface area contributed by atoms with Crippen LogP contribution in [-0.2, 0) is 14.2 Å². The van der Waals surface area contributed by atoms with Gasteiger partial charge in [0.2, 0.25) is 11.8 Å². The minimum absolute atomic E-state index is 0. The number of nitrogens with zero attached hydrogens (tertiary/aromatic N) is 2. The third-order valence-electron chi connectivity index (χ3n) is 11.0. The van der Waals surface area contributed by atoms with Crippen LogP contribution in [0.4, 0.5) is 28.9 Å². The highest BCUT2D eigenvalue weighted by Crippen LogP contribution is 2.30.